The molecule has 0 aliphatic heterocycles. The van der Waals surface area contributed by atoms with Crippen LogP contribution in [0.4, 0.5) is 0 Å². The van der Waals surface area contributed by atoms with Crippen LogP contribution in [0.5, 0.6) is 0 Å². The molecule has 3 rings (SSSR count). The van der Waals surface area contributed by atoms with Crippen molar-refractivity contribution in [1.82, 2.24) is 4.98 Å². The Labute approximate surface area is 219 Å². The number of aromatic nitrogens is 1. The Morgan fingerprint density at radius 2 is 1.74 bits per heavy atom. The zero-order valence-corrected chi connectivity index (χ0v) is 24.2. The number of hydrogen-bond acceptors (Lipinski definition) is 6. The van der Waals surface area contributed by atoms with Crippen molar-refractivity contribution in [1.29, 1.82) is 0 Å². The average molecular weight is 522 g/mol. The average Bonchev–Trinajstić information content (AvgIpc) is 3.18. The Hall–Kier alpha value is -2.44. The van der Waals surface area contributed by atoms with Gasteiger partial charge in [0.1, 0.15) is 4.88 Å². The van der Waals surface area contributed by atoms with E-state index in [9.17, 15) is 9.59 Å². The molecule has 0 saturated carbocycles. The second-order valence-corrected chi connectivity index (χ2v) is 8.55. The van der Waals surface area contributed by atoms with Crippen LogP contribution < -0.4 is 5.63 Å². The largest absolute Gasteiger partial charge is 0.465 e. The van der Waals surface area contributed by atoms with E-state index in [0.717, 1.165) is 10.4 Å². The number of benzene rings is 1. The number of carbonyl (C=O) groups excluding carboxylic acids is 1. The maximum Gasteiger partial charge on any atom is 0.347 e. The van der Waals surface area contributed by atoms with Crippen molar-refractivity contribution >= 4 is 45.9 Å². The summed E-state index contributed by atoms with van der Waals surface area (Å²) in [5.41, 5.74) is 0.995. The van der Waals surface area contributed by atoms with E-state index in [1.807, 2.05) is 53.7 Å². The van der Waals surface area contributed by atoms with E-state index < -0.39 is 11.6 Å². The third-order valence-electron chi connectivity index (χ3n) is 4.61. The number of nitrogens with zero attached hydrogens (tertiary/aromatic N) is 1. The summed E-state index contributed by atoms with van der Waals surface area (Å²) in [5, 5.41) is 0.772. The predicted octanol–water partition coefficient (Wildman–Crippen LogP) is 9.34. The Kier molecular flexibility index (Phi) is 16.7. The molecule has 0 aliphatic carbocycles. The first kappa shape index (κ1) is 32.6. The number of unbranched alkanes of at least 4 members (excludes halogenated alkanes) is 3. The van der Waals surface area contributed by atoms with Crippen LogP contribution in [0, 0.1) is 6.92 Å². The van der Waals surface area contributed by atoms with Gasteiger partial charge in [-0.05, 0) is 32.0 Å². The number of rotatable bonds is 6. The Bertz CT molecular complexity index is 1130. The van der Waals surface area contributed by atoms with Crippen molar-refractivity contribution < 1.29 is 13.9 Å². The summed E-state index contributed by atoms with van der Waals surface area (Å²) in [6, 6.07) is 4.50. The fourth-order valence-electron chi connectivity index (χ4n) is 2.94. The summed E-state index contributed by atoms with van der Waals surface area (Å²) in [5.74, 6) is -0.368. The third kappa shape index (κ3) is 9.26. The number of carbonyl (C=O) groups is 1. The van der Waals surface area contributed by atoms with Crippen molar-refractivity contribution in [3.05, 3.63) is 55.7 Å². The first-order valence-corrected chi connectivity index (χ1v) is 13.5. The highest BCUT2D eigenvalue weighted by molar-refractivity contribution is 7.16. The number of hydrogen-bond donors (Lipinski definition) is 0. The lowest BCUT2D eigenvalue weighted by Gasteiger charge is -2.03. The van der Waals surface area contributed by atoms with E-state index in [-0.39, 0.29) is 11.3 Å². The number of aryl methyl sites for hydroxylation is 1. The van der Waals surface area contributed by atoms with E-state index in [1.165, 1.54) is 62.3 Å². The Morgan fingerprint density at radius 1 is 1.14 bits per heavy atom. The highest BCUT2D eigenvalue weighted by Crippen LogP contribution is 2.40. The van der Waals surface area contributed by atoms with Crippen LogP contribution in [0.1, 0.15) is 94.9 Å². The summed E-state index contributed by atoms with van der Waals surface area (Å²) >= 11 is 7.83. The SMILES string of the molecule is C/C=C\c1c(C)sc(-c2nc3cc(C(=O)OC)ccc3c(=O)o2)c1Cl.CC.CC.CCCCCC. The maximum atomic E-state index is 12.3. The zero-order chi connectivity index (χ0) is 27.0. The van der Waals surface area contributed by atoms with Gasteiger partial charge in [-0.15, -0.1) is 11.3 Å². The predicted molar refractivity (Wildman–Crippen MR) is 152 cm³/mol. The number of allylic oxidation sites excluding steroid dienone is 1. The van der Waals surface area contributed by atoms with Crippen LogP contribution in [0.3, 0.4) is 0 Å². The van der Waals surface area contributed by atoms with Crippen LogP contribution in [-0.4, -0.2) is 18.1 Å². The lowest BCUT2D eigenvalue weighted by Crippen LogP contribution is -2.06. The molecule has 7 heteroatoms. The van der Waals surface area contributed by atoms with Gasteiger partial charge in [0.15, 0.2) is 0 Å². The number of ether oxygens (including phenoxy) is 1. The first-order chi connectivity index (χ1) is 16.9. The minimum absolute atomic E-state index is 0.133. The standard InChI is InChI=1S/C18H14ClNO4S.C6H14.2C2H6/c1-4-5-11-9(2)25-15(14(11)19)16-20-13-8-10(17(21)23-3)6-7-12(13)18(22)24-16;1-3-5-6-4-2;2*1-2/h4-8H,1-3H3;3-6H2,1-2H3;2*1-2H3/b5-4-;;;. The molecule has 5 nitrogen and oxygen atoms in total. The van der Waals surface area contributed by atoms with E-state index in [2.05, 4.69) is 18.8 Å². The van der Waals surface area contributed by atoms with Gasteiger partial charge in [-0.1, -0.05) is 91.0 Å². The number of methoxy groups -OCH3 is 1. The maximum absolute atomic E-state index is 12.3. The molecule has 3 aromatic rings. The van der Waals surface area contributed by atoms with Crippen LogP contribution in [-0.2, 0) is 4.74 Å². The normalized spacial score (nSPS) is 10.0. The molecule has 0 atom stereocenters. The monoisotopic (exact) mass is 521 g/mol. The number of halogens is 1. The van der Waals surface area contributed by atoms with Crippen LogP contribution >= 0.6 is 22.9 Å². The number of fused-ring (bicyclic) bond motifs is 1. The van der Waals surface area contributed by atoms with Crippen molar-refractivity contribution in [3.63, 3.8) is 0 Å². The molecule has 0 spiro atoms. The molecule has 35 heavy (non-hydrogen) atoms. The smallest absolute Gasteiger partial charge is 0.347 e. The molecule has 2 aromatic heterocycles. The Morgan fingerprint density at radius 3 is 2.26 bits per heavy atom. The molecule has 0 amide bonds. The molecular weight excluding hydrogens is 482 g/mol. The molecule has 1 aromatic carbocycles. The van der Waals surface area contributed by atoms with Crippen molar-refractivity contribution in [2.45, 2.75) is 81.1 Å². The fourth-order valence-corrected chi connectivity index (χ4v) is 4.36. The quantitative estimate of drug-likeness (QED) is 0.238. The summed E-state index contributed by atoms with van der Waals surface area (Å²) in [6.07, 6.45) is 9.32. The van der Waals surface area contributed by atoms with Crippen molar-refractivity contribution in [2.75, 3.05) is 7.11 Å². The van der Waals surface area contributed by atoms with Gasteiger partial charge >= 0.3 is 11.6 Å². The second kappa shape index (κ2) is 17.9. The number of thiophene rings is 1. The lowest BCUT2D eigenvalue weighted by atomic mass is 10.1. The molecule has 2 heterocycles. The lowest BCUT2D eigenvalue weighted by molar-refractivity contribution is 0.0601. The van der Waals surface area contributed by atoms with E-state index in [4.69, 9.17) is 20.8 Å². The summed E-state index contributed by atoms with van der Waals surface area (Å²) in [4.78, 5) is 29.9. The highest BCUT2D eigenvalue weighted by atomic mass is 35.5. The zero-order valence-electron chi connectivity index (χ0n) is 22.6. The van der Waals surface area contributed by atoms with Crippen LogP contribution in [0.2, 0.25) is 5.02 Å². The third-order valence-corrected chi connectivity index (χ3v) is 6.22. The highest BCUT2D eigenvalue weighted by Gasteiger charge is 2.19. The molecule has 0 unspecified atom stereocenters. The van der Waals surface area contributed by atoms with Gasteiger partial charge in [0.25, 0.3) is 0 Å². The minimum Gasteiger partial charge on any atom is -0.465 e. The van der Waals surface area contributed by atoms with Crippen LogP contribution in [0.15, 0.2) is 33.5 Å². The summed E-state index contributed by atoms with van der Waals surface area (Å²) in [7, 11) is 1.29. The van der Waals surface area contributed by atoms with Gasteiger partial charge in [-0.3, -0.25) is 0 Å². The van der Waals surface area contributed by atoms with E-state index in [1.54, 1.807) is 0 Å². The molecule has 0 saturated heterocycles. The van der Waals surface area contributed by atoms with Crippen LogP contribution in [0.25, 0.3) is 27.7 Å². The van der Waals surface area contributed by atoms with Gasteiger partial charge in [0.2, 0.25) is 5.89 Å². The summed E-state index contributed by atoms with van der Waals surface area (Å²) < 4.78 is 10.1. The van der Waals surface area contributed by atoms with Gasteiger partial charge in [-0.2, -0.15) is 0 Å². The van der Waals surface area contributed by atoms with E-state index in [0.29, 0.717) is 21.0 Å². The minimum atomic E-state index is -0.536. The Balaban J connectivity index is 0.000000997. The second-order valence-electron chi connectivity index (χ2n) is 6.95. The van der Waals surface area contributed by atoms with Crippen molar-refractivity contribution in [3.8, 4) is 10.8 Å². The first-order valence-electron chi connectivity index (χ1n) is 12.3. The molecule has 0 N–H and O–H groups in total. The fraction of sp³-hybridized carbons (Fsp3) is 0.464. The number of esters is 1. The molecule has 0 fully saturated rings. The topological polar surface area (TPSA) is 69.4 Å². The summed E-state index contributed by atoms with van der Waals surface area (Å²) in [6.45, 7) is 16.3. The van der Waals surface area contributed by atoms with Gasteiger partial charge in [0, 0.05) is 10.4 Å². The molecular formula is C28H40ClNO4S. The van der Waals surface area contributed by atoms with Gasteiger partial charge < -0.3 is 9.15 Å². The van der Waals surface area contributed by atoms with Crippen molar-refractivity contribution in [2.24, 2.45) is 0 Å². The molecule has 194 valence electrons. The van der Waals surface area contributed by atoms with E-state index >= 15 is 0 Å². The molecule has 0 bridgehead atoms. The molecule has 0 aliphatic rings. The van der Waals surface area contributed by atoms with Gasteiger partial charge in [0.05, 0.1) is 28.6 Å². The van der Waals surface area contributed by atoms with Gasteiger partial charge in [-0.25, -0.2) is 14.6 Å². The molecule has 0 radical (unpaired) electrons.